The standard InChI is InChI=1S/C19H27N5O2/c1-14(2)13-24-17-15(7-5-8-20-17)22-16(19(24)26)18(25)21-9-6-12-23-10-3-4-11-23/h5,7-8,14H,3-4,6,9-13H2,1-2H3,(H,21,25). The molecule has 3 rings (SSSR count). The number of nitrogens with zero attached hydrogens (tertiary/aromatic N) is 4. The molecule has 7 heteroatoms. The second-order valence-corrected chi connectivity index (χ2v) is 7.27. The van der Waals surface area contributed by atoms with Crippen molar-refractivity contribution in [3.8, 4) is 0 Å². The highest BCUT2D eigenvalue weighted by atomic mass is 16.2. The number of pyridine rings is 1. The van der Waals surface area contributed by atoms with Gasteiger partial charge < -0.3 is 10.2 Å². The third-order valence-electron chi connectivity index (χ3n) is 4.60. The summed E-state index contributed by atoms with van der Waals surface area (Å²) in [7, 11) is 0. The Bertz CT molecular complexity index is 824. The van der Waals surface area contributed by atoms with Crippen LogP contribution in [0.4, 0.5) is 0 Å². The lowest BCUT2D eigenvalue weighted by Crippen LogP contribution is -2.36. The first kappa shape index (κ1) is 18.5. The van der Waals surface area contributed by atoms with Gasteiger partial charge in [-0.2, -0.15) is 0 Å². The fourth-order valence-corrected chi connectivity index (χ4v) is 3.35. The minimum atomic E-state index is -0.403. The van der Waals surface area contributed by atoms with Gasteiger partial charge in [0.25, 0.3) is 11.5 Å². The van der Waals surface area contributed by atoms with E-state index in [-0.39, 0.29) is 17.2 Å². The molecule has 1 aliphatic heterocycles. The van der Waals surface area contributed by atoms with Crippen LogP contribution in [0.1, 0.15) is 43.6 Å². The molecule has 0 aromatic carbocycles. The Morgan fingerprint density at radius 2 is 2.08 bits per heavy atom. The van der Waals surface area contributed by atoms with E-state index in [1.807, 2.05) is 13.8 Å². The monoisotopic (exact) mass is 357 g/mol. The van der Waals surface area contributed by atoms with Crippen molar-refractivity contribution in [2.24, 2.45) is 5.92 Å². The molecule has 2 aromatic rings. The predicted octanol–water partition coefficient (Wildman–Crippen LogP) is 1.66. The van der Waals surface area contributed by atoms with E-state index in [2.05, 4.69) is 20.2 Å². The average Bonchev–Trinajstić information content (AvgIpc) is 3.14. The fraction of sp³-hybridized carbons (Fsp3) is 0.579. The molecule has 0 spiro atoms. The average molecular weight is 357 g/mol. The molecule has 1 amide bonds. The molecule has 0 atom stereocenters. The predicted molar refractivity (Wildman–Crippen MR) is 101 cm³/mol. The molecule has 0 bridgehead atoms. The lowest BCUT2D eigenvalue weighted by atomic mass is 10.2. The zero-order chi connectivity index (χ0) is 18.5. The van der Waals surface area contributed by atoms with E-state index < -0.39 is 5.91 Å². The van der Waals surface area contributed by atoms with Crippen LogP contribution in [0.15, 0.2) is 23.1 Å². The largest absolute Gasteiger partial charge is 0.350 e. The highest BCUT2D eigenvalue weighted by molar-refractivity contribution is 5.93. The van der Waals surface area contributed by atoms with E-state index in [0.29, 0.717) is 24.3 Å². The van der Waals surface area contributed by atoms with Crippen LogP contribution in [0, 0.1) is 5.92 Å². The van der Waals surface area contributed by atoms with Gasteiger partial charge in [0.2, 0.25) is 0 Å². The molecule has 1 saturated heterocycles. The summed E-state index contributed by atoms with van der Waals surface area (Å²) < 4.78 is 1.56. The normalized spacial score (nSPS) is 15.0. The third-order valence-corrected chi connectivity index (χ3v) is 4.60. The second kappa shape index (κ2) is 8.40. The summed E-state index contributed by atoms with van der Waals surface area (Å²) in [6, 6.07) is 3.54. The van der Waals surface area contributed by atoms with Crippen molar-refractivity contribution in [1.29, 1.82) is 0 Å². The molecular weight excluding hydrogens is 330 g/mol. The summed E-state index contributed by atoms with van der Waals surface area (Å²) in [5.41, 5.74) is 0.668. The highest BCUT2D eigenvalue weighted by Gasteiger charge is 2.18. The van der Waals surface area contributed by atoms with E-state index in [0.717, 1.165) is 26.1 Å². The SMILES string of the molecule is CC(C)Cn1c(=O)c(C(=O)NCCCN2CCCC2)nc2cccnc21. The smallest absolute Gasteiger partial charge is 0.283 e. The summed E-state index contributed by atoms with van der Waals surface area (Å²) in [5.74, 6) is -0.142. The number of nitrogens with one attached hydrogen (secondary N) is 1. The van der Waals surface area contributed by atoms with E-state index in [4.69, 9.17) is 0 Å². The molecule has 140 valence electrons. The molecule has 0 radical (unpaired) electrons. The van der Waals surface area contributed by atoms with Crippen molar-refractivity contribution < 1.29 is 4.79 Å². The van der Waals surface area contributed by atoms with Gasteiger partial charge in [0.05, 0.1) is 0 Å². The van der Waals surface area contributed by atoms with Crippen LogP contribution in [0.2, 0.25) is 0 Å². The zero-order valence-electron chi connectivity index (χ0n) is 15.6. The van der Waals surface area contributed by atoms with Crippen LogP contribution < -0.4 is 10.9 Å². The topological polar surface area (TPSA) is 80.1 Å². The van der Waals surface area contributed by atoms with Crippen LogP contribution in [0.5, 0.6) is 0 Å². The molecule has 0 saturated carbocycles. The van der Waals surface area contributed by atoms with Crippen LogP contribution >= 0.6 is 0 Å². The van der Waals surface area contributed by atoms with Gasteiger partial charge >= 0.3 is 0 Å². The minimum absolute atomic E-state index is 0.0488. The number of hydrogen-bond acceptors (Lipinski definition) is 5. The number of carbonyl (C=O) groups excluding carboxylic acids is 1. The number of fused-ring (bicyclic) bond motifs is 1. The fourth-order valence-electron chi connectivity index (χ4n) is 3.35. The summed E-state index contributed by atoms with van der Waals surface area (Å²) in [4.78, 5) is 36.3. The first-order valence-electron chi connectivity index (χ1n) is 9.42. The number of carbonyl (C=O) groups is 1. The van der Waals surface area contributed by atoms with E-state index in [1.54, 1.807) is 22.9 Å². The quantitative estimate of drug-likeness (QED) is 0.763. The number of hydrogen-bond donors (Lipinski definition) is 1. The van der Waals surface area contributed by atoms with Crippen molar-refractivity contribution >= 4 is 17.1 Å². The van der Waals surface area contributed by atoms with Crippen molar-refractivity contribution in [1.82, 2.24) is 24.8 Å². The van der Waals surface area contributed by atoms with Crippen molar-refractivity contribution in [2.75, 3.05) is 26.2 Å². The molecule has 2 aromatic heterocycles. The third kappa shape index (κ3) is 4.27. The maximum absolute atomic E-state index is 12.8. The molecule has 1 N–H and O–H groups in total. The van der Waals surface area contributed by atoms with Crippen LogP contribution in [-0.4, -0.2) is 51.5 Å². The number of rotatable bonds is 7. The first-order valence-corrected chi connectivity index (χ1v) is 9.42. The molecule has 3 heterocycles. The summed E-state index contributed by atoms with van der Waals surface area (Å²) in [5, 5.41) is 2.85. The van der Waals surface area contributed by atoms with Gasteiger partial charge in [-0.05, 0) is 56.9 Å². The number of likely N-dealkylation sites (tertiary alicyclic amines) is 1. The Hall–Kier alpha value is -2.28. The Morgan fingerprint density at radius 3 is 2.81 bits per heavy atom. The van der Waals surface area contributed by atoms with Crippen LogP contribution in [-0.2, 0) is 6.54 Å². The zero-order valence-corrected chi connectivity index (χ0v) is 15.6. The van der Waals surface area contributed by atoms with Crippen molar-refractivity contribution in [3.63, 3.8) is 0 Å². The minimum Gasteiger partial charge on any atom is -0.350 e. The Labute approximate surface area is 153 Å². The van der Waals surface area contributed by atoms with Gasteiger partial charge in [-0.1, -0.05) is 13.8 Å². The van der Waals surface area contributed by atoms with Gasteiger partial charge in [-0.15, -0.1) is 0 Å². The van der Waals surface area contributed by atoms with Crippen molar-refractivity contribution in [2.45, 2.75) is 39.7 Å². The second-order valence-electron chi connectivity index (χ2n) is 7.27. The summed E-state index contributed by atoms with van der Waals surface area (Å²) >= 11 is 0. The van der Waals surface area contributed by atoms with E-state index >= 15 is 0 Å². The molecular formula is C19H27N5O2. The molecule has 0 aliphatic carbocycles. The Balaban J connectivity index is 1.74. The van der Waals surface area contributed by atoms with Gasteiger partial charge in [0, 0.05) is 19.3 Å². The Kier molecular flexibility index (Phi) is 5.98. The van der Waals surface area contributed by atoms with E-state index in [9.17, 15) is 9.59 Å². The maximum Gasteiger partial charge on any atom is 0.283 e. The van der Waals surface area contributed by atoms with Gasteiger partial charge in [0.15, 0.2) is 11.3 Å². The lowest BCUT2D eigenvalue weighted by molar-refractivity contribution is 0.0945. The summed E-state index contributed by atoms with van der Waals surface area (Å²) in [6.45, 7) is 8.38. The highest BCUT2D eigenvalue weighted by Crippen LogP contribution is 2.10. The first-order chi connectivity index (χ1) is 12.6. The molecule has 0 unspecified atom stereocenters. The van der Waals surface area contributed by atoms with Crippen LogP contribution in [0.25, 0.3) is 11.2 Å². The number of aromatic nitrogens is 3. The van der Waals surface area contributed by atoms with Crippen molar-refractivity contribution in [3.05, 3.63) is 34.4 Å². The van der Waals surface area contributed by atoms with Gasteiger partial charge in [-0.25, -0.2) is 9.97 Å². The molecule has 1 fully saturated rings. The summed E-state index contributed by atoms with van der Waals surface area (Å²) in [6.07, 6.45) is 5.03. The van der Waals surface area contributed by atoms with Gasteiger partial charge in [-0.3, -0.25) is 14.2 Å². The molecule has 26 heavy (non-hydrogen) atoms. The van der Waals surface area contributed by atoms with Gasteiger partial charge in [0.1, 0.15) is 5.52 Å². The van der Waals surface area contributed by atoms with Crippen LogP contribution in [0.3, 0.4) is 0 Å². The Morgan fingerprint density at radius 1 is 1.31 bits per heavy atom. The number of amides is 1. The van der Waals surface area contributed by atoms with E-state index in [1.165, 1.54) is 12.8 Å². The lowest BCUT2D eigenvalue weighted by Gasteiger charge is -2.15. The molecule has 1 aliphatic rings. The molecule has 7 nitrogen and oxygen atoms in total. The maximum atomic E-state index is 12.8.